The van der Waals surface area contributed by atoms with Crippen molar-refractivity contribution in [1.29, 1.82) is 0 Å². The van der Waals surface area contributed by atoms with E-state index in [0.29, 0.717) is 11.4 Å². The molecule has 8 heteroatoms. The zero-order valence-electron chi connectivity index (χ0n) is 17.2. The molecule has 1 saturated heterocycles. The first-order valence-electron chi connectivity index (χ1n) is 9.76. The number of benzene rings is 2. The number of hydrogen-bond acceptors (Lipinski definition) is 4. The van der Waals surface area contributed by atoms with E-state index in [2.05, 4.69) is 10.4 Å². The maximum absolute atomic E-state index is 13.0. The fourth-order valence-corrected chi connectivity index (χ4v) is 3.51. The van der Waals surface area contributed by atoms with Crippen LogP contribution in [0.3, 0.4) is 0 Å². The molecule has 1 aliphatic rings. The van der Waals surface area contributed by atoms with E-state index in [4.69, 9.17) is 4.74 Å². The first-order valence-corrected chi connectivity index (χ1v) is 9.76. The number of aromatic nitrogens is 2. The maximum atomic E-state index is 13.0. The lowest BCUT2D eigenvalue weighted by Crippen LogP contribution is -2.30. The fraction of sp³-hybridized carbons (Fsp3) is 0.174. The van der Waals surface area contributed by atoms with E-state index in [1.807, 2.05) is 49.4 Å². The van der Waals surface area contributed by atoms with Crippen molar-refractivity contribution < 1.29 is 14.3 Å². The third-order valence-corrected chi connectivity index (χ3v) is 4.98. The minimum absolute atomic E-state index is 0.0475. The highest BCUT2D eigenvalue weighted by Crippen LogP contribution is 2.18. The molecule has 31 heavy (non-hydrogen) atoms. The number of aryl methyl sites for hydroxylation is 1. The molecule has 2 aromatic carbocycles. The van der Waals surface area contributed by atoms with Gasteiger partial charge in [0, 0.05) is 7.11 Å². The number of amides is 3. The normalized spacial score (nSPS) is 15.0. The lowest BCUT2D eigenvalue weighted by Gasteiger charge is -2.12. The van der Waals surface area contributed by atoms with Crippen molar-refractivity contribution in [2.24, 2.45) is 0 Å². The lowest BCUT2D eigenvalue weighted by atomic mass is 10.1. The second-order valence-corrected chi connectivity index (χ2v) is 7.28. The summed E-state index contributed by atoms with van der Waals surface area (Å²) in [6, 6.07) is 16.2. The van der Waals surface area contributed by atoms with Crippen LogP contribution in [0.2, 0.25) is 0 Å². The number of nitrogens with zero attached hydrogens (tertiary/aromatic N) is 2. The molecule has 1 aliphatic heterocycles. The van der Waals surface area contributed by atoms with Crippen LogP contribution < -0.4 is 10.9 Å². The van der Waals surface area contributed by atoms with Crippen molar-refractivity contribution in [3.8, 4) is 5.69 Å². The van der Waals surface area contributed by atoms with Gasteiger partial charge in [-0.2, -0.15) is 0 Å². The van der Waals surface area contributed by atoms with Crippen LogP contribution in [0.25, 0.3) is 11.8 Å². The first-order chi connectivity index (χ1) is 15.0. The van der Waals surface area contributed by atoms with Crippen molar-refractivity contribution in [1.82, 2.24) is 20.0 Å². The van der Waals surface area contributed by atoms with E-state index in [9.17, 15) is 14.4 Å². The monoisotopic (exact) mass is 418 g/mol. The minimum Gasteiger partial charge on any atom is -0.378 e. The average Bonchev–Trinajstić information content (AvgIpc) is 3.20. The Morgan fingerprint density at radius 1 is 1.03 bits per heavy atom. The largest absolute Gasteiger partial charge is 0.378 e. The van der Waals surface area contributed by atoms with Gasteiger partial charge in [0.25, 0.3) is 11.5 Å². The highest BCUT2D eigenvalue weighted by Gasteiger charge is 2.34. The Balaban J connectivity index is 1.68. The van der Waals surface area contributed by atoms with E-state index < -0.39 is 11.9 Å². The molecule has 158 valence electrons. The molecular weight excluding hydrogens is 396 g/mol. The van der Waals surface area contributed by atoms with Gasteiger partial charge in [-0.05, 0) is 30.7 Å². The Kier molecular flexibility index (Phi) is 5.55. The van der Waals surface area contributed by atoms with Crippen molar-refractivity contribution in [2.45, 2.75) is 20.1 Å². The number of para-hydroxylation sites is 1. The van der Waals surface area contributed by atoms with Crippen LogP contribution >= 0.6 is 0 Å². The minimum atomic E-state index is -0.523. The molecule has 2 heterocycles. The Morgan fingerprint density at radius 2 is 1.81 bits per heavy atom. The summed E-state index contributed by atoms with van der Waals surface area (Å²) in [4.78, 5) is 39.5. The average molecular weight is 418 g/mol. The predicted molar refractivity (Wildman–Crippen MR) is 115 cm³/mol. The Labute approximate surface area is 178 Å². The summed E-state index contributed by atoms with van der Waals surface area (Å²) >= 11 is 0. The van der Waals surface area contributed by atoms with Crippen LogP contribution in [0.1, 0.15) is 22.4 Å². The zero-order chi connectivity index (χ0) is 22.0. The number of aromatic amines is 1. The number of H-pyrrole nitrogens is 1. The number of rotatable bonds is 6. The number of hydrogen-bond donors (Lipinski definition) is 2. The summed E-state index contributed by atoms with van der Waals surface area (Å²) in [5.41, 5.74) is 3.00. The SMILES string of the molecule is COCc1[nH]n(-c2ccccc2)c(=O)c1C=C1NC(=O)N(Cc2cccc(C)c2)C1=O. The number of methoxy groups -OCH3 is 1. The molecule has 0 spiro atoms. The van der Waals surface area contributed by atoms with Crippen molar-refractivity contribution in [2.75, 3.05) is 7.11 Å². The van der Waals surface area contributed by atoms with Crippen molar-refractivity contribution in [3.63, 3.8) is 0 Å². The molecule has 0 atom stereocenters. The zero-order valence-corrected chi connectivity index (χ0v) is 17.2. The molecule has 0 radical (unpaired) electrons. The van der Waals surface area contributed by atoms with Gasteiger partial charge in [0.15, 0.2) is 0 Å². The van der Waals surface area contributed by atoms with Gasteiger partial charge in [0.05, 0.1) is 30.1 Å². The second kappa shape index (κ2) is 8.45. The van der Waals surface area contributed by atoms with E-state index in [0.717, 1.165) is 16.0 Å². The Morgan fingerprint density at radius 3 is 2.52 bits per heavy atom. The molecule has 0 unspecified atom stereocenters. The second-order valence-electron chi connectivity index (χ2n) is 7.28. The molecule has 0 bridgehead atoms. The van der Waals surface area contributed by atoms with E-state index >= 15 is 0 Å². The summed E-state index contributed by atoms with van der Waals surface area (Å²) in [7, 11) is 1.52. The molecule has 8 nitrogen and oxygen atoms in total. The highest BCUT2D eigenvalue weighted by atomic mass is 16.5. The van der Waals surface area contributed by atoms with E-state index in [1.54, 1.807) is 12.1 Å². The van der Waals surface area contributed by atoms with Gasteiger partial charge in [-0.1, -0.05) is 48.0 Å². The van der Waals surface area contributed by atoms with Crippen LogP contribution in [0, 0.1) is 6.92 Å². The van der Waals surface area contributed by atoms with Crippen molar-refractivity contribution >= 4 is 18.0 Å². The molecular formula is C23H22N4O4. The molecule has 4 rings (SSSR count). The summed E-state index contributed by atoms with van der Waals surface area (Å²) in [5, 5.41) is 5.60. The predicted octanol–water partition coefficient (Wildman–Crippen LogP) is 2.71. The molecule has 3 amide bonds. The molecule has 0 saturated carbocycles. The summed E-state index contributed by atoms with van der Waals surface area (Å²) in [6.45, 7) is 2.24. The first kappa shape index (κ1) is 20.4. The van der Waals surface area contributed by atoms with Gasteiger partial charge in [-0.15, -0.1) is 0 Å². The molecule has 1 aromatic heterocycles. The van der Waals surface area contributed by atoms with E-state index in [-0.39, 0.29) is 30.0 Å². The van der Waals surface area contributed by atoms with Crippen LogP contribution in [0.5, 0.6) is 0 Å². The summed E-state index contributed by atoms with van der Waals surface area (Å²) < 4.78 is 6.58. The van der Waals surface area contributed by atoms with Crippen LogP contribution in [0.4, 0.5) is 4.79 Å². The quantitative estimate of drug-likeness (QED) is 0.475. The van der Waals surface area contributed by atoms with Gasteiger partial charge in [-0.25, -0.2) is 9.48 Å². The number of carbonyl (C=O) groups is 2. The van der Waals surface area contributed by atoms with Gasteiger partial charge < -0.3 is 10.1 Å². The Hall–Kier alpha value is -3.91. The number of imide groups is 1. The van der Waals surface area contributed by atoms with Gasteiger partial charge in [-0.3, -0.25) is 19.6 Å². The maximum Gasteiger partial charge on any atom is 0.329 e. The van der Waals surface area contributed by atoms with Crippen LogP contribution in [0.15, 0.2) is 65.1 Å². The summed E-state index contributed by atoms with van der Waals surface area (Å²) in [6.07, 6.45) is 1.41. The number of nitrogens with one attached hydrogen (secondary N) is 2. The number of carbonyl (C=O) groups excluding carboxylic acids is 2. The van der Waals surface area contributed by atoms with E-state index in [1.165, 1.54) is 17.9 Å². The lowest BCUT2D eigenvalue weighted by molar-refractivity contribution is -0.123. The number of ether oxygens (including phenoxy) is 1. The van der Waals surface area contributed by atoms with Crippen molar-refractivity contribution in [3.05, 3.63) is 93.0 Å². The molecule has 2 N–H and O–H groups in total. The summed E-state index contributed by atoms with van der Waals surface area (Å²) in [5.74, 6) is -0.485. The third-order valence-electron chi connectivity index (χ3n) is 4.98. The topological polar surface area (TPSA) is 96.4 Å². The van der Waals surface area contributed by atoms with Gasteiger partial charge in [0.2, 0.25) is 0 Å². The third kappa shape index (κ3) is 4.06. The highest BCUT2D eigenvalue weighted by molar-refractivity contribution is 6.13. The van der Waals surface area contributed by atoms with Gasteiger partial charge >= 0.3 is 6.03 Å². The van der Waals surface area contributed by atoms with Crippen LogP contribution in [-0.2, 0) is 22.7 Å². The molecule has 3 aromatic rings. The molecule has 0 aliphatic carbocycles. The number of urea groups is 1. The fourth-order valence-electron chi connectivity index (χ4n) is 3.51. The standard InChI is InChI=1S/C23H22N4O4/c1-15-7-6-8-16(11-15)13-26-22(29)19(24-23(26)30)12-18-20(14-31-2)25-27(21(18)28)17-9-4-3-5-10-17/h3-12,25H,13-14H2,1-2H3,(H,24,30). The molecule has 1 fully saturated rings. The van der Waals surface area contributed by atoms with Crippen LogP contribution in [-0.4, -0.2) is 33.7 Å². The smallest absolute Gasteiger partial charge is 0.329 e. The van der Waals surface area contributed by atoms with Gasteiger partial charge in [0.1, 0.15) is 5.70 Å². The Bertz CT molecular complexity index is 1220.